The smallest absolute Gasteiger partial charge is 0.326 e. The Kier molecular flexibility index (Phi) is 13.8. The summed E-state index contributed by atoms with van der Waals surface area (Å²) in [6.07, 6.45) is 3.08. The number of benzene rings is 1. The maximum absolute atomic E-state index is 13.6. The van der Waals surface area contributed by atoms with Crippen molar-refractivity contribution in [2.75, 3.05) is 33.7 Å². The van der Waals surface area contributed by atoms with E-state index >= 15 is 0 Å². The number of likely N-dealkylation sites (N-methyl/N-ethyl adjacent to an activating group) is 2. The zero-order valence-electron chi connectivity index (χ0n) is 28.9. The monoisotopic (exact) mass is 668 g/mol. The number of amides is 6. The third-order valence-corrected chi connectivity index (χ3v) is 8.15. The molecule has 1 aliphatic heterocycles. The second-order valence-electron chi connectivity index (χ2n) is 13.3. The maximum atomic E-state index is 13.6. The minimum atomic E-state index is -1.56. The van der Waals surface area contributed by atoms with Gasteiger partial charge < -0.3 is 31.3 Å². The van der Waals surface area contributed by atoms with Crippen molar-refractivity contribution < 1.29 is 38.7 Å². The summed E-state index contributed by atoms with van der Waals surface area (Å²) in [5.74, 6) is -4.65. The molecule has 14 nitrogen and oxygen atoms in total. The number of hydrogen-bond acceptors (Lipinski definition) is 8. The number of carboxylic acid groups (broad SMARTS) is 1. The van der Waals surface area contributed by atoms with Crippen LogP contribution in [-0.4, -0.2) is 108 Å². The highest BCUT2D eigenvalue weighted by molar-refractivity contribution is 6.12. The van der Waals surface area contributed by atoms with Crippen molar-refractivity contribution in [1.29, 1.82) is 0 Å². The van der Waals surface area contributed by atoms with Gasteiger partial charge >= 0.3 is 5.97 Å². The van der Waals surface area contributed by atoms with Gasteiger partial charge in [0.2, 0.25) is 23.6 Å². The van der Waals surface area contributed by atoms with Gasteiger partial charge in [0.05, 0.1) is 12.5 Å². The fourth-order valence-corrected chi connectivity index (χ4v) is 5.09. The van der Waals surface area contributed by atoms with Crippen LogP contribution in [0, 0.1) is 5.41 Å². The molecule has 0 spiro atoms. The molecule has 0 bridgehead atoms. The molecule has 3 atom stereocenters. The molecule has 2 rings (SSSR count). The first kappa shape index (κ1) is 39.3. The van der Waals surface area contributed by atoms with Gasteiger partial charge in [0.15, 0.2) is 0 Å². The predicted molar refractivity (Wildman–Crippen MR) is 178 cm³/mol. The SMILES string of the molecule is CN[C@H](C(=O)NC(C(=O)N(C)C/C=C(\C)C(=O)N[C@H](CC(=O)NCCN1C(=O)C=CC1=O)C(=O)O)C(C)(C)C)C(C)(C)c1ccccc1. The van der Waals surface area contributed by atoms with Gasteiger partial charge in [0, 0.05) is 49.8 Å². The van der Waals surface area contributed by atoms with Crippen molar-refractivity contribution in [3.63, 3.8) is 0 Å². The van der Waals surface area contributed by atoms with E-state index in [1.165, 1.54) is 24.9 Å². The summed E-state index contributed by atoms with van der Waals surface area (Å²) < 4.78 is 0. The molecule has 1 unspecified atom stereocenters. The molecule has 0 saturated carbocycles. The van der Waals surface area contributed by atoms with Crippen molar-refractivity contribution in [2.24, 2.45) is 5.41 Å². The number of nitrogens with one attached hydrogen (secondary N) is 4. The number of carbonyl (C=O) groups is 7. The zero-order chi connectivity index (χ0) is 36.4. The van der Waals surface area contributed by atoms with Crippen LogP contribution >= 0.6 is 0 Å². The molecule has 1 heterocycles. The molecule has 262 valence electrons. The Balaban J connectivity index is 2.02. The lowest BCUT2D eigenvalue weighted by molar-refractivity contribution is -0.143. The summed E-state index contributed by atoms with van der Waals surface area (Å²) in [7, 11) is 3.22. The molecule has 5 N–H and O–H groups in total. The normalized spacial score (nSPS) is 15.4. The van der Waals surface area contributed by atoms with E-state index in [0.29, 0.717) is 0 Å². The van der Waals surface area contributed by atoms with Crippen LogP contribution in [0.15, 0.2) is 54.1 Å². The van der Waals surface area contributed by atoms with Gasteiger partial charge in [-0.1, -0.05) is 71.0 Å². The Hall–Kier alpha value is -4.85. The molecule has 1 aliphatic rings. The number of rotatable bonds is 16. The first-order chi connectivity index (χ1) is 22.3. The van der Waals surface area contributed by atoms with Gasteiger partial charge in [-0.05, 0) is 24.9 Å². The van der Waals surface area contributed by atoms with E-state index in [-0.39, 0.29) is 37.0 Å². The number of nitrogens with zero attached hydrogens (tertiary/aromatic N) is 2. The maximum Gasteiger partial charge on any atom is 0.326 e. The Labute approximate surface area is 281 Å². The summed E-state index contributed by atoms with van der Waals surface area (Å²) >= 11 is 0. The molecule has 48 heavy (non-hydrogen) atoms. The van der Waals surface area contributed by atoms with Gasteiger partial charge in [0.1, 0.15) is 12.1 Å². The van der Waals surface area contributed by atoms with Crippen LogP contribution in [0.25, 0.3) is 0 Å². The lowest BCUT2D eigenvalue weighted by Crippen LogP contribution is -2.60. The first-order valence-electron chi connectivity index (χ1n) is 15.6. The quantitative estimate of drug-likeness (QED) is 0.123. The third kappa shape index (κ3) is 10.6. The van der Waals surface area contributed by atoms with Gasteiger partial charge in [-0.25, -0.2) is 4.79 Å². The van der Waals surface area contributed by atoms with Crippen molar-refractivity contribution >= 4 is 41.4 Å². The van der Waals surface area contributed by atoms with E-state index in [1.54, 1.807) is 7.05 Å². The number of hydrogen-bond donors (Lipinski definition) is 5. The Morgan fingerprint density at radius 3 is 2.04 bits per heavy atom. The molecule has 1 aromatic carbocycles. The Bertz CT molecular complexity index is 1430. The molecule has 0 radical (unpaired) electrons. The topological polar surface area (TPSA) is 194 Å². The molecule has 0 fully saturated rings. The van der Waals surface area contributed by atoms with Gasteiger partial charge in [-0.15, -0.1) is 0 Å². The highest BCUT2D eigenvalue weighted by Gasteiger charge is 2.40. The van der Waals surface area contributed by atoms with Gasteiger partial charge in [-0.2, -0.15) is 0 Å². The molecule has 1 aromatic rings. The Morgan fingerprint density at radius 1 is 0.938 bits per heavy atom. The van der Waals surface area contributed by atoms with Crippen molar-refractivity contribution in [3.05, 3.63) is 59.7 Å². The van der Waals surface area contributed by atoms with E-state index in [0.717, 1.165) is 22.6 Å². The molecule has 6 amide bonds. The van der Waals surface area contributed by atoms with Crippen LogP contribution in [0.1, 0.15) is 53.5 Å². The molecular formula is C34H48N6O8. The summed E-state index contributed by atoms with van der Waals surface area (Å²) in [4.78, 5) is 89.6. The van der Waals surface area contributed by atoms with Crippen LogP contribution in [0.5, 0.6) is 0 Å². The Morgan fingerprint density at radius 2 is 1.52 bits per heavy atom. The first-order valence-corrected chi connectivity index (χ1v) is 15.6. The fourth-order valence-electron chi connectivity index (χ4n) is 5.09. The predicted octanol–water partition coefficient (Wildman–Crippen LogP) is 0.489. The number of aliphatic carboxylic acids is 1. The summed E-state index contributed by atoms with van der Waals surface area (Å²) in [5, 5.41) is 20.3. The molecule has 0 aliphatic carbocycles. The molecule has 0 saturated heterocycles. The fraction of sp³-hybridized carbons (Fsp3) is 0.500. The van der Waals surface area contributed by atoms with Crippen LogP contribution in [-0.2, 0) is 39.0 Å². The highest BCUT2D eigenvalue weighted by Crippen LogP contribution is 2.28. The number of carboxylic acids is 1. The van der Waals surface area contributed by atoms with Crippen LogP contribution in [0.2, 0.25) is 0 Å². The molecule has 14 heteroatoms. The number of imide groups is 1. The second-order valence-corrected chi connectivity index (χ2v) is 13.3. The lowest BCUT2D eigenvalue weighted by atomic mass is 9.76. The van der Waals surface area contributed by atoms with Crippen LogP contribution < -0.4 is 21.3 Å². The summed E-state index contributed by atoms with van der Waals surface area (Å²) in [5.41, 5.74) is -0.217. The highest BCUT2D eigenvalue weighted by atomic mass is 16.4. The average molecular weight is 669 g/mol. The molecular weight excluding hydrogens is 620 g/mol. The average Bonchev–Trinajstić information content (AvgIpc) is 3.33. The van der Waals surface area contributed by atoms with E-state index in [1.807, 2.05) is 65.0 Å². The van der Waals surface area contributed by atoms with Crippen molar-refractivity contribution in [2.45, 2.75) is 71.5 Å². The van der Waals surface area contributed by atoms with Crippen molar-refractivity contribution in [3.8, 4) is 0 Å². The summed E-state index contributed by atoms with van der Waals surface area (Å²) in [6.45, 7) is 10.6. The largest absolute Gasteiger partial charge is 0.480 e. The minimum absolute atomic E-state index is 0.0213. The minimum Gasteiger partial charge on any atom is -0.480 e. The van der Waals surface area contributed by atoms with Gasteiger partial charge in [0.25, 0.3) is 11.8 Å². The van der Waals surface area contributed by atoms with Crippen LogP contribution in [0.3, 0.4) is 0 Å². The second kappa shape index (κ2) is 16.8. The van der Waals surface area contributed by atoms with Crippen LogP contribution in [0.4, 0.5) is 0 Å². The third-order valence-electron chi connectivity index (χ3n) is 8.15. The van der Waals surface area contributed by atoms with Crippen molar-refractivity contribution in [1.82, 2.24) is 31.1 Å². The van der Waals surface area contributed by atoms with E-state index in [9.17, 15) is 38.7 Å². The standard InChI is InChI=1S/C34H48N6O8/c1-21(29(44)37-23(32(47)48)20-24(41)36-17-19-40-25(42)14-15-26(40)43)16-18-39(8)31(46)28(33(2,3)4)38-30(45)27(35-7)34(5,6)22-12-10-9-11-13-22/h9-16,23,27-28,35H,17-20H2,1-8H3,(H,36,41)(H,37,44)(H,38,45)(H,47,48)/b21-16+/t23-,27-,28?/m1/s1. The van der Waals surface area contributed by atoms with E-state index in [2.05, 4.69) is 21.3 Å². The lowest BCUT2D eigenvalue weighted by Gasteiger charge is -2.38. The van der Waals surface area contributed by atoms with E-state index in [4.69, 9.17) is 0 Å². The van der Waals surface area contributed by atoms with E-state index < -0.39 is 65.0 Å². The number of carbonyl (C=O) groups excluding carboxylic acids is 6. The molecule has 0 aromatic heterocycles. The summed E-state index contributed by atoms with van der Waals surface area (Å²) in [6, 6.07) is 6.46. The zero-order valence-corrected chi connectivity index (χ0v) is 28.9. The van der Waals surface area contributed by atoms with Gasteiger partial charge in [-0.3, -0.25) is 33.7 Å².